The second kappa shape index (κ2) is 7.21. The van der Waals surface area contributed by atoms with Crippen LogP contribution in [0.5, 0.6) is 0 Å². The van der Waals surface area contributed by atoms with Gasteiger partial charge in [0.05, 0.1) is 11.4 Å². The average molecular weight is 226 g/mol. The zero-order valence-corrected chi connectivity index (χ0v) is 11.0. The molecule has 0 radical (unpaired) electrons. The van der Waals surface area contributed by atoms with Crippen molar-refractivity contribution in [1.82, 2.24) is 0 Å². The number of rotatable bonds is 3. The Hall–Kier alpha value is 0.886. The Bertz CT molecular complexity index is 266. The minimum Gasteiger partial charge on any atom is -0.750 e. The van der Waals surface area contributed by atoms with Crippen molar-refractivity contribution in [3.63, 3.8) is 0 Å². The van der Waals surface area contributed by atoms with Crippen molar-refractivity contribution in [1.29, 1.82) is 0 Å². The van der Waals surface area contributed by atoms with E-state index in [1.54, 1.807) is 30.3 Å². The Morgan fingerprint density at radius 1 is 1.38 bits per heavy atom. The minimum absolute atomic E-state index is 0. The molecule has 13 heavy (non-hydrogen) atoms. The second-order valence-corrected chi connectivity index (χ2v) is 2.66. The molecule has 66 valence electrons. The van der Waals surface area contributed by atoms with Gasteiger partial charge < -0.3 is 9.66 Å². The van der Waals surface area contributed by atoms with Gasteiger partial charge in [0.1, 0.15) is 0 Å². The standard InChI is InChI=1S/C7H8O4S.K/c8-7(11-12(9)10)6-4-2-1-3-5-6;/h1-5,7-8H,(H,9,10);/q;+1/p-1. The fraction of sp³-hybridized carbons (Fsp3) is 0.143. The summed E-state index contributed by atoms with van der Waals surface area (Å²) in [6.07, 6.45) is -1.41. The van der Waals surface area contributed by atoms with Crippen molar-refractivity contribution in [2.45, 2.75) is 6.29 Å². The van der Waals surface area contributed by atoms with Crippen molar-refractivity contribution >= 4 is 11.4 Å². The first-order chi connectivity index (χ1) is 5.70. The van der Waals surface area contributed by atoms with E-state index in [4.69, 9.17) is 5.11 Å². The van der Waals surface area contributed by atoms with Gasteiger partial charge in [0.15, 0.2) is 6.29 Å². The first-order valence-corrected chi connectivity index (χ1v) is 4.19. The van der Waals surface area contributed by atoms with Crippen LogP contribution in [0.15, 0.2) is 30.3 Å². The molecular weight excluding hydrogens is 219 g/mol. The van der Waals surface area contributed by atoms with Crippen LogP contribution in [-0.2, 0) is 15.5 Å². The molecule has 1 N–H and O–H groups in total. The van der Waals surface area contributed by atoms with Gasteiger partial charge in [-0.3, -0.25) is 4.18 Å². The molecule has 0 heterocycles. The van der Waals surface area contributed by atoms with Crippen LogP contribution >= 0.6 is 0 Å². The zero-order chi connectivity index (χ0) is 8.97. The van der Waals surface area contributed by atoms with E-state index in [1.165, 1.54) is 0 Å². The van der Waals surface area contributed by atoms with Gasteiger partial charge >= 0.3 is 51.4 Å². The van der Waals surface area contributed by atoms with Gasteiger partial charge in [-0.1, -0.05) is 30.3 Å². The largest absolute Gasteiger partial charge is 1.00 e. The molecule has 2 atom stereocenters. The second-order valence-electron chi connectivity index (χ2n) is 2.06. The summed E-state index contributed by atoms with van der Waals surface area (Å²) in [6, 6.07) is 8.24. The van der Waals surface area contributed by atoms with Crippen molar-refractivity contribution in [3.05, 3.63) is 35.9 Å². The van der Waals surface area contributed by atoms with Crippen molar-refractivity contribution in [3.8, 4) is 0 Å². The summed E-state index contributed by atoms with van der Waals surface area (Å²) < 4.78 is 24.1. The third kappa shape index (κ3) is 5.36. The molecule has 0 amide bonds. The van der Waals surface area contributed by atoms with Gasteiger partial charge in [0.2, 0.25) is 0 Å². The van der Waals surface area contributed by atoms with Crippen LogP contribution < -0.4 is 51.4 Å². The summed E-state index contributed by atoms with van der Waals surface area (Å²) in [5.74, 6) is 0. The Labute approximate surface area is 121 Å². The zero-order valence-electron chi connectivity index (χ0n) is 7.04. The monoisotopic (exact) mass is 226 g/mol. The molecule has 0 saturated carbocycles. The average Bonchev–Trinajstić information content (AvgIpc) is 2.05. The first kappa shape index (κ1) is 13.9. The first-order valence-electron chi connectivity index (χ1n) is 3.19. The molecule has 0 aliphatic carbocycles. The quantitative estimate of drug-likeness (QED) is 0.351. The number of hydrogen-bond acceptors (Lipinski definition) is 4. The van der Waals surface area contributed by atoms with Crippen molar-refractivity contribution in [2.24, 2.45) is 0 Å². The summed E-state index contributed by atoms with van der Waals surface area (Å²) in [7, 11) is 0. The maximum Gasteiger partial charge on any atom is 1.00 e. The van der Waals surface area contributed by atoms with E-state index >= 15 is 0 Å². The summed E-state index contributed by atoms with van der Waals surface area (Å²) in [5, 5.41) is 9.08. The molecule has 0 fully saturated rings. The molecule has 0 saturated heterocycles. The normalized spacial score (nSPS) is 14.3. The topological polar surface area (TPSA) is 69.6 Å². The van der Waals surface area contributed by atoms with Crippen LogP contribution in [0.25, 0.3) is 0 Å². The number of hydrogen-bond donors (Lipinski definition) is 1. The molecule has 0 bridgehead atoms. The smallest absolute Gasteiger partial charge is 0.750 e. The fourth-order valence-corrected chi connectivity index (χ4v) is 1.01. The summed E-state index contributed by atoms with van der Waals surface area (Å²) in [5.41, 5.74) is 0.404. The molecule has 1 aromatic carbocycles. The van der Waals surface area contributed by atoms with E-state index < -0.39 is 17.7 Å². The van der Waals surface area contributed by atoms with Crippen molar-refractivity contribution < 1.29 is 69.4 Å². The van der Waals surface area contributed by atoms with Crippen LogP contribution in [0.4, 0.5) is 0 Å². The maximum absolute atomic E-state index is 10.0. The van der Waals surface area contributed by atoms with Gasteiger partial charge in [-0.15, -0.1) is 0 Å². The molecule has 1 aromatic rings. The van der Waals surface area contributed by atoms with E-state index in [0.29, 0.717) is 5.56 Å². The Morgan fingerprint density at radius 3 is 2.38 bits per heavy atom. The summed E-state index contributed by atoms with van der Waals surface area (Å²) >= 11 is -2.70. The molecular formula is C7H7KO4S. The van der Waals surface area contributed by atoms with E-state index in [2.05, 4.69) is 4.18 Å². The van der Waals surface area contributed by atoms with Crippen LogP contribution in [0.1, 0.15) is 11.9 Å². The predicted octanol–water partition coefficient (Wildman–Crippen LogP) is -2.51. The molecule has 0 spiro atoms. The molecule has 4 nitrogen and oxygen atoms in total. The van der Waals surface area contributed by atoms with Gasteiger partial charge in [0.25, 0.3) is 0 Å². The van der Waals surface area contributed by atoms with Gasteiger partial charge in [-0.2, -0.15) is 0 Å². The summed E-state index contributed by atoms with van der Waals surface area (Å²) in [6.45, 7) is 0. The third-order valence-electron chi connectivity index (χ3n) is 1.25. The van der Waals surface area contributed by atoms with Crippen LogP contribution in [0, 0.1) is 0 Å². The SMILES string of the molecule is O=S([O-])OC(O)c1ccccc1.[K+]. The fourth-order valence-electron chi connectivity index (χ4n) is 0.748. The van der Waals surface area contributed by atoms with E-state index in [0.717, 1.165) is 0 Å². The predicted molar refractivity (Wildman–Crippen MR) is 41.4 cm³/mol. The Morgan fingerprint density at radius 2 is 1.92 bits per heavy atom. The minimum atomic E-state index is -2.70. The molecule has 1 rings (SSSR count). The molecule has 2 unspecified atom stereocenters. The van der Waals surface area contributed by atoms with E-state index in [1.807, 2.05) is 0 Å². The molecule has 6 heteroatoms. The third-order valence-corrected chi connectivity index (χ3v) is 1.59. The van der Waals surface area contributed by atoms with Gasteiger partial charge in [-0.05, 0) is 0 Å². The van der Waals surface area contributed by atoms with Crippen LogP contribution in [0.3, 0.4) is 0 Å². The Balaban J connectivity index is 0.00000144. The van der Waals surface area contributed by atoms with Gasteiger partial charge in [0, 0.05) is 5.56 Å². The number of aliphatic hydroxyl groups excluding tert-OH is 1. The summed E-state index contributed by atoms with van der Waals surface area (Å²) in [4.78, 5) is 0. The van der Waals surface area contributed by atoms with E-state index in [9.17, 15) is 8.76 Å². The Kier molecular flexibility index (Phi) is 7.71. The molecule has 0 aromatic heterocycles. The van der Waals surface area contributed by atoms with Crippen LogP contribution in [0.2, 0.25) is 0 Å². The molecule has 0 aliphatic rings. The number of benzene rings is 1. The maximum atomic E-state index is 10.0. The van der Waals surface area contributed by atoms with E-state index in [-0.39, 0.29) is 51.4 Å². The van der Waals surface area contributed by atoms with Gasteiger partial charge in [-0.25, -0.2) is 4.21 Å². The molecule has 0 aliphatic heterocycles. The van der Waals surface area contributed by atoms with Crippen LogP contribution in [-0.4, -0.2) is 13.9 Å². The number of aliphatic hydroxyl groups is 1. The van der Waals surface area contributed by atoms with Crippen molar-refractivity contribution in [2.75, 3.05) is 0 Å².